The first-order valence-electron chi connectivity index (χ1n) is 6.50. The van der Waals surface area contributed by atoms with Gasteiger partial charge in [0.1, 0.15) is 12.4 Å². The summed E-state index contributed by atoms with van der Waals surface area (Å²) in [5, 5.41) is 0. The van der Waals surface area contributed by atoms with E-state index in [1.54, 1.807) is 12.1 Å². The molecule has 0 saturated heterocycles. The highest BCUT2D eigenvalue weighted by molar-refractivity contribution is 7.85. The number of hydrogen-bond acceptors (Lipinski definition) is 3. The summed E-state index contributed by atoms with van der Waals surface area (Å²) in [5.41, 5.74) is 8.58. The summed E-state index contributed by atoms with van der Waals surface area (Å²) >= 11 is 0. The highest BCUT2D eigenvalue weighted by Crippen LogP contribution is 2.17. The number of benzene rings is 2. The standard InChI is InChI=1S/C16H19NO2S/c1-12-6-7-16(13(2)10-12)20(18)9-8-19-15-5-3-4-14(17)11-15/h3-7,10-11H,8-9,17H2,1-2H3. The van der Waals surface area contributed by atoms with Gasteiger partial charge < -0.3 is 10.5 Å². The molecule has 0 radical (unpaired) electrons. The molecule has 4 heteroatoms. The van der Waals surface area contributed by atoms with Crippen molar-refractivity contribution in [2.45, 2.75) is 18.7 Å². The van der Waals surface area contributed by atoms with Gasteiger partial charge in [-0.2, -0.15) is 0 Å². The Hall–Kier alpha value is -1.81. The zero-order valence-corrected chi connectivity index (χ0v) is 12.6. The van der Waals surface area contributed by atoms with Gasteiger partial charge in [0.25, 0.3) is 0 Å². The Labute approximate surface area is 122 Å². The molecule has 0 amide bonds. The number of ether oxygens (including phenoxy) is 1. The van der Waals surface area contributed by atoms with Crippen LogP contribution in [0.1, 0.15) is 11.1 Å². The monoisotopic (exact) mass is 289 g/mol. The van der Waals surface area contributed by atoms with E-state index in [9.17, 15) is 4.21 Å². The Morgan fingerprint density at radius 1 is 1.15 bits per heavy atom. The zero-order chi connectivity index (χ0) is 14.5. The molecule has 0 saturated carbocycles. The van der Waals surface area contributed by atoms with E-state index in [0.29, 0.717) is 23.8 Å². The van der Waals surface area contributed by atoms with Gasteiger partial charge in [-0.15, -0.1) is 0 Å². The van der Waals surface area contributed by atoms with Crippen LogP contribution in [-0.4, -0.2) is 16.6 Å². The average Bonchev–Trinajstić information content (AvgIpc) is 2.38. The molecule has 0 aliphatic rings. The summed E-state index contributed by atoms with van der Waals surface area (Å²) in [5.74, 6) is 1.18. The van der Waals surface area contributed by atoms with Crippen molar-refractivity contribution >= 4 is 16.5 Å². The number of rotatable bonds is 5. The minimum absolute atomic E-state index is 0.406. The number of nitrogens with two attached hydrogens (primary N) is 1. The topological polar surface area (TPSA) is 52.3 Å². The molecule has 1 unspecified atom stereocenters. The SMILES string of the molecule is Cc1ccc(S(=O)CCOc2cccc(N)c2)c(C)c1. The highest BCUT2D eigenvalue weighted by atomic mass is 32.2. The van der Waals surface area contributed by atoms with Crippen LogP contribution in [0.15, 0.2) is 47.4 Å². The third-order valence-corrected chi connectivity index (χ3v) is 4.46. The molecular weight excluding hydrogens is 270 g/mol. The molecule has 0 bridgehead atoms. The molecular formula is C16H19NO2S. The molecule has 2 N–H and O–H groups in total. The average molecular weight is 289 g/mol. The number of hydrogen-bond donors (Lipinski definition) is 1. The maximum Gasteiger partial charge on any atom is 0.121 e. The molecule has 20 heavy (non-hydrogen) atoms. The van der Waals surface area contributed by atoms with E-state index in [-0.39, 0.29) is 0 Å². The van der Waals surface area contributed by atoms with Gasteiger partial charge in [0.15, 0.2) is 0 Å². The molecule has 0 spiro atoms. The van der Waals surface area contributed by atoms with E-state index in [1.807, 2.05) is 44.2 Å². The lowest BCUT2D eigenvalue weighted by atomic mass is 10.2. The Balaban J connectivity index is 1.92. The van der Waals surface area contributed by atoms with Crippen LogP contribution in [0.2, 0.25) is 0 Å². The minimum Gasteiger partial charge on any atom is -0.493 e. The number of aryl methyl sites for hydroxylation is 2. The van der Waals surface area contributed by atoms with Crippen LogP contribution in [0.25, 0.3) is 0 Å². The van der Waals surface area contributed by atoms with E-state index < -0.39 is 10.8 Å². The van der Waals surface area contributed by atoms with Crippen LogP contribution in [-0.2, 0) is 10.8 Å². The van der Waals surface area contributed by atoms with E-state index in [1.165, 1.54) is 5.56 Å². The van der Waals surface area contributed by atoms with Gasteiger partial charge in [-0.3, -0.25) is 4.21 Å². The fourth-order valence-electron chi connectivity index (χ4n) is 2.00. The summed E-state index contributed by atoms with van der Waals surface area (Å²) < 4.78 is 17.8. The number of nitrogen functional groups attached to an aromatic ring is 1. The van der Waals surface area contributed by atoms with E-state index in [4.69, 9.17) is 10.5 Å². The third-order valence-electron chi connectivity index (χ3n) is 2.97. The molecule has 0 aromatic heterocycles. The normalized spacial score (nSPS) is 12.1. The van der Waals surface area contributed by atoms with E-state index in [0.717, 1.165) is 10.5 Å². The Kier molecular flexibility index (Phi) is 4.79. The van der Waals surface area contributed by atoms with Gasteiger partial charge in [0, 0.05) is 16.6 Å². The molecule has 0 aliphatic heterocycles. The van der Waals surface area contributed by atoms with Crippen molar-refractivity contribution in [3.63, 3.8) is 0 Å². The highest BCUT2D eigenvalue weighted by Gasteiger charge is 2.07. The minimum atomic E-state index is -1.04. The second kappa shape index (κ2) is 6.57. The molecule has 2 rings (SSSR count). The summed E-state index contributed by atoms with van der Waals surface area (Å²) in [6.45, 7) is 4.42. The second-order valence-electron chi connectivity index (χ2n) is 4.74. The van der Waals surface area contributed by atoms with Crippen molar-refractivity contribution in [1.29, 1.82) is 0 Å². The van der Waals surface area contributed by atoms with Crippen molar-refractivity contribution in [3.8, 4) is 5.75 Å². The van der Waals surface area contributed by atoms with Crippen molar-refractivity contribution < 1.29 is 8.95 Å². The smallest absolute Gasteiger partial charge is 0.121 e. The maximum atomic E-state index is 12.2. The Morgan fingerprint density at radius 3 is 2.65 bits per heavy atom. The van der Waals surface area contributed by atoms with Gasteiger partial charge in [-0.05, 0) is 37.6 Å². The maximum absolute atomic E-state index is 12.2. The molecule has 0 aliphatic carbocycles. The largest absolute Gasteiger partial charge is 0.493 e. The molecule has 106 valence electrons. The molecule has 1 atom stereocenters. The first-order valence-corrected chi connectivity index (χ1v) is 7.82. The first kappa shape index (κ1) is 14.6. The van der Waals surface area contributed by atoms with Crippen molar-refractivity contribution in [3.05, 3.63) is 53.6 Å². The first-order chi connectivity index (χ1) is 9.56. The fraction of sp³-hybridized carbons (Fsp3) is 0.250. The molecule has 3 nitrogen and oxygen atoms in total. The third kappa shape index (κ3) is 3.84. The quantitative estimate of drug-likeness (QED) is 0.861. The van der Waals surface area contributed by atoms with E-state index in [2.05, 4.69) is 0 Å². The molecule has 0 fully saturated rings. The lowest BCUT2D eigenvalue weighted by Crippen LogP contribution is -2.09. The van der Waals surface area contributed by atoms with Gasteiger partial charge in [-0.25, -0.2) is 0 Å². The summed E-state index contributed by atoms with van der Waals surface area (Å²) in [4.78, 5) is 0.881. The van der Waals surface area contributed by atoms with Crippen molar-refractivity contribution in [2.75, 3.05) is 18.1 Å². The lowest BCUT2D eigenvalue weighted by molar-refractivity contribution is 0.343. The molecule has 2 aromatic carbocycles. The van der Waals surface area contributed by atoms with E-state index >= 15 is 0 Å². The van der Waals surface area contributed by atoms with Crippen LogP contribution in [0.4, 0.5) is 5.69 Å². The van der Waals surface area contributed by atoms with Crippen LogP contribution in [0, 0.1) is 13.8 Å². The molecule has 0 heterocycles. The Morgan fingerprint density at radius 2 is 1.95 bits per heavy atom. The van der Waals surface area contributed by atoms with Crippen LogP contribution < -0.4 is 10.5 Å². The zero-order valence-electron chi connectivity index (χ0n) is 11.8. The second-order valence-corrected chi connectivity index (χ2v) is 6.28. The van der Waals surface area contributed by atoms with Gasteiger partial charge in [0.05, 0.1) is 16.6 Å². The van der Waals surface area contributed by atoms with Crippen LogP contribution in [0.3, 0.4) is 0 Å². The lowest BCUT2D eigenvalue weighted by Gasteiger charge is -2.09. The summed E-state index contributed by atoms with van der Waals surface area (Å²) in [6.07, 6.45) is 0. The van der Waals surface area contributed by atoms with Crippen molar-refractivity contribution in [2.24, 2.45) is 0 Å². The van der Waals surface area contributed by atoms with Crippen molar-refractivity contribution in [1.82, 2.24) is 0 Å². The number of anilines is 1. The summed E-state index contributed by atoms with van der Waals surface area (Å²) in [7, 11) is -1.04. The predicted octanol–water partition coefficient (Wildman–Crippen LogP) is 3.07. The van der Waals surface area contributed by atoms with Crippen LogP contribution >= 0.6 is 0 Å². The van der Waals surface area contributed by atoms with Gasteiger partial charge >= 0.3 is 0 Å². The molecule has 2 aromatic rings. The fourth-order valence-corrected chi connectivity index (χ4v) is 3.10. The predicted molar refractivity (Wildman–Crippen MR) is 83.5 cm³/mol. The van der Waals surface area contributed by atoms with Gasteiger partial charge in [0.2, 0.25) is 0 Å². The van der Waals surface area contributed by atoms with Gasteiger partial charge in [-0.1, -0.05) is 23.8 Å². The Bertz CT molecular complexity index is 626. The summed E-state index contributed by atoms with van der Waals surface area (Å²) in [6, 6.07) is 13.2. The van der Waals surface area contributed by atoms with Crippen LogP contribution in [0.5, 0.6) is 5.75 Å².